The van der Waals surface area contributed by atoms with E-state index >= 15 is 0 Å². The van der Waals surface area contributed by atoms with Gasteiger partial charge in [-0.1, -0.05) is 0 Å². The summed E-state index contributed by atoms with van der Waals surface area (Å²) < 4.78 is 5.01. The molecule has 0 saturated heterocycles. The number of carbonyl (C=O) groups excluding carboxylic acids is 2. The predicted octanol–water partition coefficient (Wildman–Crippen LogP) is 0.970. The van der Waals surface area contributed by atoms with E-state index in [1.165, 1.54) is 6.21 Å². The molecule has 0 unspecified atom stereocenters. The lowest BCUT2D eigenvalue weighted by atomic mass is 10.2. The van der Waals surface area contributed by atoms with Crippen molar-refractivity contribution in [1.29, 1.82) is 0 Å². The molecule has 0 aliphatic heterocycles. The summed E-state index contributed by atoms with van der Waals surface area (Å²) in [7, 11) is 1.55. The summed E-state index contributed by atoms with van der Waals surface area (Å²) in [6, 6.07) is 10.1. The number of ether oxygens (including phenoxy) is 1. The number of amides is 2. The summed E-state index contributed by atoms with van der Waals surface area (Å²) in [6.45, 7) is -0.168. The number of methoxy groups -OCH3 is 1. The summed E-state index contributed by atoms with van der Waals surface area (Å²) in [6.07, 6.45) is 4.74. The first kappa shape index (κ1) is 16.2. The number of carbonyl (C=O) groups is 2. The molecule has 0 bridgehead atoms. The van der Waals surface area contributed by atoms with Crippen molar-refractivity contribution in [2.45, 2.75) is 0 Å². The van der Waals surface area contributed by atoms with Crippen molar-refractivity contribution in [3.05, 3.63) is 59.9 Å². The SMILES string of the molecule is COc1ccc(C(=O)NCC(=O)NN=Cc2ccncc2)cc1. The highest BCUT2D eigenvalue weighted by molar-refractivity contribution is 5.96. The summed E-state index contributed by atoms with van der Waals surface area (Å²) in [5, 5.41) is 6.30. The van der Waals surface area contributed by atoms with Crippen LogP contribution < -0.4 is 15.5 Å². The molecule has 2 N–H and O–H groups in total. The molecule has 7 nitrogen and oxygen atoms in total. The minimum absolute atomic E-state index is 0.168. The Balaban J connectivity index is 1.77. The Bertz CT molecular complexity index is 684. The lowest BCUT2D eigenvalue weighted by Crippen LogP contribution is -2.34. The Morgan fingerprint density at radius 2 is 1.87 bits per heavy atom. The molecule has 23 heavy (non-hydrogen) atoms. The summed E-state index contributed by atoms with van der Waals surface area (Å²) >= 11 is 0. The van der Waals surface area contributed by atoms with Gasteiger partial charge in [0.05, 0.1) is 19.9 Å². The van der Waals surface area contributed by atoms with E-state index in [4.69, 9.17) is 4.74 Å². The highest BCUT2D eigenvalue weighted by Gasteiger charge is 2.07. The van der Waals surface area contributed by atoms with Crippen LogP contribution >= 0.6 is 0 Å². The molecule has 0 atom stereocenters. The van der Waals surface area contributed by atoms with Gasteiger partial charge in [0.1, 0.15) is 5.75 Å². The molecule has 2 aromatic rings. The van der Waals surface area contributed by atoms with Crippen molar-refractivity contribution in [2.75, 3.05) is 13.7 Å². The second kappa shape index (κ2) is 8.28. The third-order valence-electron chi connectivity index (χ3n) is 2.87. The van der Waals surface area contributed by atoms with Crippen molar-refractivity contribution in [3.8, 4) is 5.75 Å². The van der Waals surface area contributed by atoms with E-state index in [2.05, 4.69) is 20.8 Å². The largest absolute Gasteiger partial charge is 0.497 e. The number of hydrazone groups is 1. The molecule has 7 heteroatoms. The Morgan fingerprint density at radius 1 is 1.17 bits per heavy atom. The number of benzene rings is 1. The van der Waals surface area contributed by atoms with Crippen LogP contribution in [0.25, 0.3) is 0 Å². The van der Waals surface area contributed by atoms with Gasteiger partial charge < -0.3 is 10.1 Å². The normalized spacial score (nSPS) is 10.3. The van der Waals surface area contributed by atoms with Crippen LogP contribution in [0, 0.1) is 0 Å². The van der Waals surface area contributed by atoms with E-state index in [0.29, 0.717) is 11.3 Å². The van der Waals surface area contributed by atoms with Crippen LogP contribution in [-0.2, 0) is 4.79 Å². The molecular weight excluding hydrogens is 296 g/mol. The molecule has 0 aliphatic carbocycles. The maximum Gasteiger partial charge on any atom is 0.259 e. The van der Waals surface area contributed by atoms with Crippen LogP contribution in [0.1, 0.15) is 15.9 Å². The van der Waals surface area contributed by atoms with Crippen molar-refractivity contribution < 1.29 is 14.3 Å². The lowest BCUT2D eigenvalue weighted by Gasteiger charge is -2.05. The number of nitrogens with one attached hydrogen (secondary N) is 2. The van der Waals surface area contributed by atoms with Crippen LogP contribution in [0.5, 0.6) is 5.75 Å². The quantitative estimate of drug-likeness (QED) is 0.614. The fourth-order valence-electron chi connectivity index (χ4n) is 1.67. The zero-order valence-corrected chi connectivity index (χ0v) is 12.5. The van der Waals surface area contributed by atoms with E-state index in [1.807, 2.05) is 0 Å². The predicted molar refractivity (Wildman–Crippen MR) is 85.3 cm³/mol. The lowest BCUT2D eigenvalue weighted by molar-refractivity contribution is -0.120. The molecule has 1 heterocycles. The maximum atomic E-state index is 11.9. The summed E-state index contributed by atoms with van der Waals surface area (Å²) in [5.74, 6) is -0.108. The summed E-state index contributed by atoms with van der Waals surface area (Å²) in [5.41, 5.74) is 3.58. The van der Waals surface area contributed by atoms with Gasteiger partial charge in [0.15, 0.2) is 0 Å². The van der Waals surface area contributed by atoms with E-state index in [9.17, 15) is 9.59 Å². The van der Waals surface area contributed by atoms with Gasteiger partial charge in [-0.3, -0.25) is 14.6 Å². The van der Waals surface area contributed by atoms with Crippen molar-refractivity contribution in [1.82, 2.24) is 15.7 Å². The molecular formula is C16H16N4O3. The van der Waals surface area contributed by atoms with E-state index in [-0.39, 0.29) is 12.5 Å². The topological polar surface area (TPSA) is 92.7 Å². The van der Waals surface area contributed by atoms with Crippen LogP contribution in [-0.4, -0.2) is 36.7 Å². The van der Waals surface area contributed by atoms with Gasteiger partial charge in [-0.2, -0.15) is 5.10 Å². The summed E-state index contributed by atoms with van der Waals surface area (Å²) in [4.78, 5) is 27.3. The average molecular weight is 312 g/mol. The molecule has 1 aromatic carbocycles. The van der Waals surface area contributed by atoms with Crippen molar-refractivity contribution in [2.24, 2.45) is 5.10 Å². The van der Waals surface area contributed by atoms with E-state index in [1.54, 1.807) is 55.9 Å². The first-order valence-corrected chi connectivity index (χ1v) is 6.83. The molecule has 1 aromatic heterocycles. The fourth-order valence-corrected chi connectivity index (χ4v) is 1.67. The van der Waals surface area contributed by atoms with Gasteiger partial charge >= 0.3 is 0 Å². The third kappa shape index (κ3) is 5.24. The van der Waals surface area contributed by atoms with Crippen LogP contribution in [0.15, 0.2) is 53.9 Å². The first-order valence-electron chi connectivity index (χ1n) is 6.83. The van der Waals surface area contributed by atoms with Crippen LogP contribution in [0.3, 0.4) is 0 Å². The Morgan fingerprint density at radius 3 is 2.52 bits per heavy atom. The number of nitrogens with zero attached hydrogens (tertiary/aromatic N) is 2. The van der Waals surface area contributed by atoms with Gasteiger partial charge in [0, 0.05) is 18.0 Å². The minimum atomic E-state index is -0.419. The van der Waals surface area contributed by atoms with Gasteiger partial charge in [-0.25, -0.2) is 5.43 Å². The Hall–Kier alpha value is -3.22. The molecule has 2 amide bonds. The monoisotopic (exact) mass is 312 g/mol. The van der Waals surface area contributed by atoms with Crippen LogP contribution in [0.2, 0.25) is 0 Å². The zero-order chi connectivity index (χ0) is 16.5. The van der Waals surface area contributed by atoms with Crippen molar-refractivity contribution in [3.63, 3.8) is 0 Å². The smallest absolute Gasteiger partial charge is 0.259 e. The number of pyridine rings is 1. The van der Waals surface area contributed by atoms with Gasteiger partial charge in [0.25, 0.3) is 11.8 Å². The highest BCUT2D eigenvalue weighted by Crippen LogP contribution is 2.10. The van der Waals surface area contributed by atoms with Gasteiger partial charge in [0.2, 0.25) is 0 Å². The van der Waals surface area contributed by atoms with Gasteiger partial charge in [-0.15, -0.1) is 0 Å². The van der Waals surface area contributed by atoms with Crippen LogP contribution in [0.4, 0.5) is 0 Å². The highest BCUT2D eigenvalue weighted by atomic mass is 16.5. The molecule has 118 valence electrons. The molecule has 0 aliphatic rings. The number of hydrogen-bond acceptors (Lipinski definition) is 5. The zero-order valence-electron chi connectivity index (χ0n) is 12.5. The average Bonchev–Trinajstić information content (AvgIpc) is 2.60. The molecule has 0 fully saturated rings. The number of aromatic nitrogens is 1. The maximum absolute atomic E-state index is 11.9. The molecule has 2 rings (SSSR count). The van der Waals surface area contributed by atoms with Crippen molar-refractivity contribution >= 4 is 18.0 Å². The van der Waals surface area contributed by atoms with E-state index < -0.39 is 5.91 Å². The molecule has 0 spiro atoms. The Kier molecular flexibility index (Phi) is 5.81. The first-order chi connectivity index (χ1) is 11.2. The minimum Gasteiger partial charge on any atom is -0.497 e. The van der Waals surface area contributed by atoms with Gasteiger partial charge in [-0.05, 0) is 42.0 Å². The molecule has 0 saturated carbocycles. The van der Waals surface area contributed by atoms with E-state index in [0.717, 1.165) is 5.56 Å². The third-order valence-corrected chi connectivity index (χ3v) is 2.87. The second-order valence-corrected chi connectivity index (χ2v) is 4.48. The number of rotatable bonds is 6. The standard InChI is InChI=1S/C16H16N4O3/c1-23-14-4-2-13(3-5-14)16(22)18-11-15(21)20-19-10-12-6-8-17-9-7-12/h2-10H,11H2,1H3,(H,18,22)(H,20,21). The Labute approximate surface area is 133 Å². The molecule has 0 radical (unpaired) electrons. The fraction of sp³-hybridized carbons (Fsp3) is 0.125. The number of hydrogen-bond donors (Lipinski definition) is 2. The second-order valence-electron chi connectivity index (χ2n) is 4.48.